The lowest BCUT2D eigenvalue weighted by Crippen LogP contribution is -2.35. The first-order valence-electron chi connectivity index (χ1n) is 9.92. The van der Waals surface area contributed by atoms with Crippen LogP contribution in [0.4, 0.5) is 0 Å². The van der Waals surface area contributed by atoms with Crippen molar-refractivity contribution in [2.24, 2.45) is 0 Å². The summed E-state index contributed by atoms with van der Waals surface area (Å²) in [6.45, 7) is 14.0. The van der Waals surface area contributed by atoms with Crippen molar-refractivity contribution in [1.29, 1.82) is 0 Å². The van der Waals surface area contributed by atoms with Gasteiger partial charge in [0.15, 0.2) is 0 Å². The van der Waals surface area contributed by atoms with E-state index in [0.29, 0.717) is 0 Å². The highest BCUT2D eigenvalue weighted by Crippen LogP contribution is 2.09. The van der Waals surface area contributed by atoms with Gasteiger partial charge in [0.1, 0.15) is 0 Å². The number of unbranched alkanes of at least 4 members (excludes halogenated alkanes) is 7. The summed E-state index contributed by atoms with van der Waals surface area (Å²) in [5.74, 6) is 0. The third-order valence-electron chi connectivity index (χ3n) is 4.89. The van der Waals surface area contributed by atoms with Gasteiger partial charge in [0, 0.05) is 13.1 Å². The molecule has 0 atom stereocenters. The Morgan fingerprint density at radius 3 is 2.14 bits per heavy atom. The summed E-state index contributed by atoms with van der Waals surface area (Å²) in [5.41, 5.74) is 0. The van der Waals surface area contributed by atoms with Crippen LogP contribution >= 0.6 is 0 Å². The third kappa shape index (κ3) is 10.4. The summed E-state index contributed by atoms with van der Waals surface area (Å²) in [7, 11) is 0. The SMILES string of the molecule is C=CCCCCCN(CCCCCCC)CCN1CCCC1. The van der Waals surface area contributed by atoms with E-state index in [0.717, 1.165) is 0 Å². The van der Waals surface area contributed by atoms with E-state index in [1.807, 2.05) is 0 Å². The number of hydrogen-bond acceptors (Lipinski definition) is 2. The molecule has 0 unspecified atom stereocenters. The monoisotopic (exact) mass is 308 g/mol. The molecular weight excluding hydrogens is 268 g/mol. The fraction of sp³-hybridized carbons (Fsp3) is 0.900. The highest BCUT2D eigenvalue weighted by molar-refractivity contribution is 4.70. The number of likely N-dealkylation sites (tertiary alicyclic amines) is 1. The minimum absolute atomic E-state index is 1.19. The van der Waals surface area contributed by atoms with E-state index in [2.05, 4.69) is 29.4 Å². The van der Waals surface area contributed by atoms with Gasteiger partial charge < -0.3 is 9.80 Å². The fourth-order valence-corrected chi connectivity index (χ4v) is 3.36. The van der Waals surface area contributed by atoms with Crippen LogP contribution in [0.15, 0.2) is 12.7 Å². The van der Waals surface area contributed by atoms with Gasteiger partial charge in [-0.25, -0.2) is 0 Å². The Hall–Kier alpha value is -0.340. The lowest BCUT2D eigenvalue weighted by atomic mass is 10.1. The van der Waals surface area contributed by atoms with E-state index in [-0.39, 0.29) is 0 Å². The molecule has 0 aliphatic carbocycles. The molecular formula is C20H40N2. The zero-order valence-electron chi connectivity index (χ0n) is 15.2. The quantitative estimate of drug-likeness (QED) is 0.307. The first-order chi connectivity index (χ1) is 10.9. The maximum atomic E-state index is 3.82. The minimum Gasteiger partial charge on any atom is -0.302 e. The normalized spacial score (nSPS) is 15.7. The van der Waals surface area contributed by atoms with Crippen molar-refractivity contribution in [1.82, 2.24) is 9.80 Å². The lowest BCUT2D eigenvalue weighted by Gasteiger charge is -2.25. The molecule has 1 aliphatic rings. The van der Waals surface area contributed by atoms with Crippen LogP contribution in [-0.4, -0.2) is 49.1 Å². The maximum Gasteiger partial charge on any atom is 0.0109 e. The fourth-order valence-electron chi connectivity index (χ4n) is 3.36. The number of allylic oxidation sites excluding steroid dienone is 1. The second kappa shape index (κ2) is 14.3. The molecule has 0 radical (unpaired) electrons. The van der Waals surface area contributed by atoms with Gasteiger partial charge in [-0.1, -0.05) is 45.1 Å². The van der Waals surface area contributed by atoms with E-state index in [9.17, 15) is 0 Å². The molecule has 0 N–H and O–H groups in total. The second-order valence-corrected chi connectivity index (χ2v) is 6.94. The van der Waals surface area contributed by atoms with Crippen molar-refractivity contribution in [3.8, 4) is 0 Å². The van der Waals surface area contributed by atoms with Crippen molar-refractivity contribution in [3.05, 3.63) is 12.7 Å². The highest BCUT2D eigenvalue weighted by atomic mass is 15.2. The van der Waals surface area contributed by atoms with Gasteiger partial charge in [-0.2, -0.15) is 0 Å². The van der Waals surface area contributed by atoms with Crippen LogP contribution in [0.25, 0.3) is 0 Å². The molecule has 1 heterocycles. The molecule has 0 spiro atoms. The Balaban J connectivity index is 2.14. The van der Waals surface area contributed by atoms with E-state index in [1.165, 1.54) is 110 Å². The predicted molar refractivity (Wildman–Crippen MR) is 99.5 cm³/mol. The molecule has 22 heavy (non-hydrogen) atoms. The Bertz CT molecular complexity index is 246. The molecule has 0 amide bonds. The van der Waals surface area contributed by atoms with Gasteiger partial charge in [0.05, 0.1) is 0 Å². The average molecular weight is 309 g/mol. The van der Waals surface area contributed by atoms with Gasteiger partial charge in [-0.3, -0.25) is 0 Å². The Kier molecular flexibility index (Phi) is 12.8. The van der Waals surface area contributed by atoms with Gasteiger partial charge >= 0.3 is 0 Å². The first-order valence-corrected chi connectivity index (χ1v) is 9.92. The lowest BCUT2D eigenvalue weighted by molar-refractivity contribution is 0.217. The molecule has 1 aliphatic heterocycles. The van der Waals surface area contributed by atoms with Crippen LogP contribution in [0.1, 0.15) is 77.6 Å². The van der Waals surface area contributed by atoms with E-state index >= 15 is 0 Å². The minimum atomic E-state index is 1.19. The second-order valence-electron chi connectivity index (χ2n) is 6.94. The molecule has 1 saturated heterocycles. The molecule has 1 fully saturated rings. The molecule has 0 aromatic rings. The molecule has 1 rings (SSSR count). The van der Waals surface area contributed by atoms with Gasteiger partial charge in [-0.15, -0.1) is 6.58 Å². The zero-order valence-corrected chi connectivity index (χ0v) is 15.2. The summed E-state index contributed by atoms with van der Waals surface area (Å²) in [5, 5.41) is 0. The number of hydrogen-bond donors (Lipinski definition) is 0. The molecule has 0 saturated carbocycles. The van der Waals surface area contributed by atoms with Gasteiger partial charge in [0.2, 0.25) is 0 Å². The van der Waals surface area contributed by atoms with E-state index in [4.69, 9.17) is 0 Å². The molecule has 2 nitrogen and oxygen atoms in total. The zero-order chi connectivity index (χ0) is 15.9. The topological polar surface area (TPSA) is 6.48 Å². The third-order valence-corrected chi connectivity index (χ3v) is 4.89. The van der Waals surface area contributed by atoms with Gasteiger partial charge in [-0.05, 0) is 64.7 Å². The van der Waals surface area contributed by atoms with Crippen molar-refractivity contribution >= 4 is 0 Å². The smallest absolute Gasteiger partial charge is 0.0109 e. The van der Waals surface area contributed by atoms with E-state index in [1.54, 1.807) is 0 Å². The van der Waals surface area contributed by atoms with Crippen LogP contribution in [0, 0.1) is 0 Å². The maximum absolute atomic E-state index is 3.82. The van der Waals surface area contributed by atoms with Crippen LogP contribution in [0.3, 0.4) is 0 Å². The molecule has 2 heteroatoms. The molecule has 0 aromatic carbocycles. The number of rotatable bonds is 15. The van der Waals surface area contributed by atoms with Gasteiger partial charge in [0.25, 0.3) is 0 Å². The van der Waals surface area contributed by atoms with Crippen molar-refractivity contribution in [3.63, 3.8) is 0 Å². The summed E-state index contributed by atoms with van der Waals surface area (Å²) in [6.07, 6.45) is 17.1. The first kappa shape index (κ1) is 19.7. The summed E-state index contributed by atoms with van der Waals surface area (Å²) < 4.78 is 0. The molecule has 0 bridgehead atoms. The Labute approximate surface area is 139 Å². The Morgan fingerprint density at radius 2 is 1.50 bits per heavy atom. The average Bonchev–Trinajstić information content (AvgIpc) is 3.04. The summed E-state index contributed by atoms with van der Waals surface area (Å²) >= 11 is 0. The molecule has 0 aromatic heterocycles. The Morgan fingerprint density at radius 1 is 0.864 bits per heavy atom. The van der Waals surface area contributed by atoms with Crippen molar-refractivity contribution in [2.45, 2.75) is 77.6 Å². The summed E-state index contributed by atoms with van der Waals surface area (Å²) in [4.78, 5) is 5.39. The largest absolute Gasteiger partial charge is 0.302 e. The molecule has 130 valence electrons. The van der Waals surface area contributed by atoms with Crippen LogP contribution in [0.2, 0.25) is 0 Å². The standard InChI is InChI=1S/C20H40N2/c1-3-5-7-9-11-15-21(16-12-10-8-6-4-2)19-20-22-17-13-14-18-22/h3H,1,4-20H2,2H3. The van der Waals surface area contributed by atoms with Crippen LogP contribution < -0.4 is 0 Å². The van der Waals surface area contributed by atoms with Crippen molar-refractivity contribution < 1.29 is 0 Å². The van der Waals surface area contributed by atoms with E-state index < -0.39 is 0 Å². The predicted octanol–water partition coefficient (Wildman–Crippen LogP) is 5.10. The van der Waals surface area contributed by atoms with Crippen LogP contribution in [-0.2, 0) is 0 Å². The summed E-state index contributed by atoms with van der Waals surface area (Å²) in [6, 6.07) is 0. The van der Waals surface area contributed by atoms with Crippen LogP contribution in [0.5, 0.6) is 0 Å². The highest BCUT2D eigenvalue weighted by Gasteiger charge is 2.13. The number of nitrogens with zero attached hydrogens (tertiary/aromatic N) is 2. The van der Waals surface area contributed by atoms with Crippen molar-refractivity contribution in [2.75, 3.05) is 39.3 Å².